The molecular formula is C14H20FN3O2S. The number of benzene rings is 1. The lowest BCUT2D eigenvalue weighted by atomic mass is 10.2. The molecule has 0 aliphatic heterocycles. The molecule has 0 atom stereocenters. The second-order valence-corrected chi connectivity index (χ2v) is 7.25. The molecule has 1 rings (SSSR count). The van der Waals surface area contributed by atoms with E-state index in [4.69, 9.17) is 11.0 Å². The van der Waals surface area contributed by atoms with Crippen molar-refractivity contribution in [3.63, 3.8) is 0 Å². The Morgan fingerprint density at radius 2 is 2.05 bits per heavy atom. The van der Waals surface area contributed by atoms with Crippen LogP contribution in [0.2, 0.25) is 0 Å². The SMILES string of the molecule is Cc1cc(S(=O)(=O)N(CCC#N)CC(C)C)cc(N)c1F. The van der Waals surface area contributed by atoms with Crippen LogP contribution in [-0.4, -0.2) is 25.8 Å². The van der Waals surface area contributed by atoms with Gasteiger partial charge in [0.05, 0.1) is 16.7 Å². The molecule has 0 saturated carbocycles. The number of nitrogens with two attached hydrogens (primary N) is 1. The van der Waals surface area contributed by atoms with Gasteiger partial charge in [-0.25, -0.2) is 12.8 Å². The second-order valence-electron chi connectivity index (χ2n) is 5.31. The molecule has 0 unspecified atom stereocenters. The molecule has 1 aromatic rings. The number of hydrogen-bond donors (Lipinski definition) is 1. The van der Waals surface area contributed by atoms with Crippen LogP contribution < -0.4 is 5.73 Å². The smallest absolute Gasteiger partial charge is 0.243 e. The van der Waals surface area contributed by atoms with E-state index in [-0.39, 0.29) is 35.0 Å². The standard InChI is InChI=1S/C14H20FN3O2S/c1-10(2)9-18(6-4-5-16)21(19,20)12-7-11(3)14(15)13(17)8-12/h7-8,10H,4,6,9,17H2,1-3H3. The van der Waals surface area contributed by atoms with E-state index in [1.54, 1.807) is 0 Å². The molecular weight excluding hydrogens is 293 g/mol. The number of nitrogens with zero attached hydrogens (tertiary/aromatic N) is 2. The van der Waals surface area contributed by atoms with Crippen LogP contribution in [0.5, 0.6) is 0 Å². The summed E-state index contributed by atoms with van der Waals surface area (Å²) >= 11 is 0. The molecule has 0 heterocycles. The maximum absolute atomic E-state index is 13.5. The van der Waals surface area contributed by atoms with Crippen molar-refractivity contribution in [3.8, 4) is 6.07 Å². The Bertz CT molecular complexity index is 628. The number of rotatable bonds is 6. The molecule has 116 valence electrons. The van der Waals surface area contributed by atoms with Gasteiger partial charge >= 0.3 is 0 Å². The van der Waals surface area contributed by atoms with E-state index in [2.05, 4.69) is 0 Å². The number of sulfonamides is 1. The van der Waals surface area contributed by atoms with Crippen LogP contribution in [0, 0.1) is 30.0 Å². The molecule has 7 heteroatoms. The van der Waals surface area contributed by atoms with E-state index in [0.717, 1.165) is 6.07 Å². The highest BCUT2D eigenvalue weighted by molar-refractivity contribution is 7.89. The molecule has 0 aromatic heterocycles. The maximum Gasteiger partial charge on any atom is 0.243 e. The van der Waals surface area contributed by atoms with Crippen molar-refractivity contribution < 1.29 is 12.8 Å². The topological polar surface area (TPSA) is 87.2 Å². The third-order valence-electron chi connectivity index (χ3n) is 2.94. The predicted molar refractivity (Wildman–Crippen MR) is 79.4 cm³/mol. The quantitative estimate of drug-likeness (QED) is 0.816. The van der Waals surface area contributed by atoms with Gasteiger partial charge in [-0.1, -0.05) is 13.8 Å². The Balaban J connectivity index is 3.25. The zero-order valence-corrected chi connectivity index (χ0v) is 13.2. The minimum atomic E-state index is -3.79. The van der Waals surface area contributed by atoms with Gasteiger partial charge in [0.1, 0.15) is 5.82 Å². The monoisotopic (exact) mass is 313 g/mol. The van der Waals surface area contributed by atoms with E-state index in [1.165, 1.54) is 17.3 Å². The van der Waals surface area contributed by atoms with Gasteiger partial charge in [-0.05, 0) is 30.5 Å². The van der Waals surface area contributed by atoms with Crippen LogP contribution in [0.1, 0.15) is 25.8 Å². The first kappa shape index (κ1) is 17.4. The number of nitrogen functional groups attached to an aromatic ring is 1. The summed E-state index contributed by atoms with van der Waals surface area (Å²) in [7, 11) is -3.79. The summed E-state index contributed by atoms with van der Waals surface area (Å²) in [5.74, 6) is -0.501. The van der Waals surface area contributed by atoms with E-state index in [0.29, 0.717) is 6.54 Å². The number of aryl methyl sites for hydroxylation is 1. The third kappa shape index (κ3) is 4.16. The summed E-state index contributed by atoms with van der Waals surface area (Å²) in [4.78, 5) is -0.0440. The molecule has 0 amide bonds. The van der Waals surface area contributed by atoms with Crippen LogP contribution in [0.25, 0.3) is 0 Å². The Kier molecular flexibility index (Phi) is 5.70. The zero-order chi connectivity index (χ0) is 16.2. The normalized spacial score (nSPS) is 11.9. The van der Waals surface area contributed by atoms with Crippen LogP contribution in [0.3, 0.4) is 0 Å². The molecule has 0 radical (unpaired) electrons. The Morgan fingerprint density at radius 3 is 2.52 bits per heavy atom. The van der Waals surface area contributed by atoms with E-state index in [1.807, 2.05) is 19.9 Å². The minimum Gasteiger partial charge on any atom is -0.396 e. The maximum atomic E-state index is 13.5. The van der Waals surface area contributed by atoms with Gasteiger partial charge in [-0.15, -0.1) is 0 Å². The fraction of sp³-hybridized carbons (Fsp3) is 0.500. The Hall–Kier alpha value is -1.65. The van der Waals surface area contributed by atoms with Gasteiger partial charge in [0.15, 0.2) is 0 Å². The first-order chi connectivity index (χ1) is 9.70. The summed E-state index contributed by atoms with van der Waals surface area (Å²) in [6.45, 7) is 5.64. The van der Waals surface area contributed by atoms with Crippen molar-refractivity contribution in [2.75, 3.05) is 18.8 Å². The summed E-state index contributed by atoms with van der Waals surface area (Å²) in [6, 6.07) is 4.32. The van der Waals surface area contributed by atoms with Crippen molar-refractivity contribution in [1.29, 1.82) is 5.26 Å². The van der Waals surface area contributed by atoms with Crippen molar-refractivity contribution in [2.45, 2.75) is 32.1 Å². The Labute approximate surface area is 125 Å². The highest BCUT2D eigenvalue weighted by Crippen LogP contribution is 2.24. The van der Waals surface area contributed by atoms with Crippen LogP contribution >= 0.6 is 0 Å². The highest BCUT2D eigenvalue weighted by atomic mass is 32.2. The molecule has 0 bridgehead atoms. The zero-order valence-electron chi connectivity index (χ0n) is 12.4. The summed E-state index contributed by atoms with van der Waals surface area (Å²) in [6.07, 6.45) is 0.0988. The summed E-state index contributed by atoms with van der Waals surface area (Å²) in [5.41, 5.74) is 5.49. The number of anilines is 1. The molecule has 0 aliphatic carbocycles. The van der Waals surface area contributed by atoms with Gasteiger partial charge in [-0.3, -0.25) is 0 Å². The van der Waals surface area contributed by atoms with Gasteiger partial charge in [0, 0.05) is 19.5 Å². The minimum absolute atomic E-state index is 0.0440. The molecule has 21 heavy (non-hydrogen) atoms. The lowest BCUT2D eigenvalue weighted by Gasteiger charge is -2.23. The molecule has 2 N–H and O–H groups in total. The molecule has 0 saturated heterocycles. The lowest BCUT2D eigenvalue weighted by molar-refractivity contribution is 0.373. The first-order valence-corrected chi connectivity index (χ1v) is 8.07. The number of hydrogen-bond acceptors (Lipinski definition) is 4. The van der Waals surface area contributed by atoms with Crippen LogP contribution in [0.4, 0.5) is 10.1 Å². The van der Waals surface area contributed by atoms with Gasteiger partial charge in [0.25, 0.3) is 0 Å². The van der Waals surface area contributed by atoms with E-state index in [9.17, 15) is 12.8 Å². The largest absolute Gasteiger partial charge is 0.396 e. The third-order valence-corrected chi connectivity index (χ3v) is 4.78. The Morgan fingerprint density at radius 1 is 1.43 bits per heavy atom. The van der Waals surface area contributed by atoms with Crippen molar-refractivity contribution in [2.24, 2.45) is 5.92 Å². The lowest BCUT2D eigenvalue weighted by Crippen LogP contribution is -2.35. The molecule has 0 fully saturated rings. The fourth-order valence-electron chi connectivity index (χ4n) is 1.95. The fourth-order valence-corrected chi connectivity index (χ4v) is 3.68. The molecule has 0 spiro atoms. The average molecular weight is 313 g/mol. The molecule has 0 aliphatic rings. The van der Waals surface area contributed by atoms with Crippen LogP contribution in [-0.2, 0) is 10.0 Å². The average Bonchev–Trinajstić information content (AvgIpc) is 2.39. The van der Waals surface area contributed by atoms with Crippen molar-refractivity contribution in [1.82, 2.24) is 4.31 Å². The predicted octanol–water partition coefficient (Wildman–Crippen LogP) is 2.28. The molecule has 1 aromatic carbocycles. The molecule has 5 nitrogen and oxygen atoms in total. The van der Waals surface area contributed by atoms with Crippen molar-refractivity contribution in [3.05, 3.63) is 23.5 Å². The summed E-state index contributed by atoms with van der Waals surface area (Å²) < 4.78 is 40.0. The number of halogens is 1. The van der Waals surface area contributed by atoms with Crippen molar-refractivity contribution >= 4 is 15.7 Å². The summed E-state index contributed by atoms with van der Waals surface area (Å²) in [5, 5.41) is 8.67. The van der Waals surface area contributed by atoms with E-state index >= 15 is 0 Å². The second kappa shape index (κ2) is 6.87. The number of nitriles is 1. The van der Waals surface area contributed by atoms with Gasteiger partial charge < -0.3 is 5.73 Å². The first-order valence-electron chi connectivity index (χ1n) is 6.62. The van der Waals surface area contributed by atoms with E-state index < -0.39 is 15.8 Å². The van der Waals surface area contributed by atoms with Gasteiger partial charge in [-0.2, -0.15) is 9.57 Å². The highest BCUT2D eigenvalue weighted by Gasteiger charge is 2.26. The van der Waals surface area contributed by atoms with Crippen LogP contribution in [0.15, 0.2) is 17.0 Å². The van der Waals surface area contributed by atoms with Gasteiger partial charge in [0.2, 0.25) is 10.0 Å².